The van der Waals surface area contributed by atoms with E-state index in [1.54, 1.807) is 6.92 Å². The first kappa shape index (κ1) is 14.0. The molecule has 0 spiro atoms. The molecule has 2 atom stereocenters. The monoisotopic (exact) mass is 262 g/mol. The summed E-state index contributed by atoms with van der Waals surface area (Å²) >= 11 is 0. The van der Waals surface area contributed by atoms with Crippen molar-refractivity contribution in [2.75, 3.05) is 6.54 Å². The van der Waals surface area contributed by atoms with Crippen molar-refractivity contribution in [2.45, 2.75) is 45.4 Å². The minimum Gasteiger partial charge on any atom is -0.393 e. The molecule has 1 aromatic carbocycles. The van der Waals surface area contributed by atoms with Crippen molar-refractivity contribution in [3.8, 4) is 0 Å². The summed E-state index contributed by atoms with van der Waals surface area (Å²) in [6, 6.07) is 5.87. The van der Waals surface area contributed by atoms with Gasteiger partial charge in [-0.25, -0.2) is 0 Å². The third-order valence-electron chi connectivity index (χ3n) is 3.43. The molecule has 3 N–H and O–H groups in total. The lowest BCUT2D eigenvalue weighted by atomic mass is 9.98. The summed E-state index contributed by atoms with van der Waals surface area (Å²) in [4.78, 5) is 12.1. The normalized spacial score (nSPS) is 17.4. The van der Waals surface area contributed by atoms with E-state index in [0.29, 0.717) is 12.0 Å². The third-order valence-corrected chi connectivity index (χ3v) is 3.43. The molecule has 19 heavy (non-hydrogen) atoms. The van der Waals surface area contributed by atoms with Gasteiger partial charge in [0.05, 0.1) is 6.10 Å². The van der Waals surface area contributed by atoms with Gasteiger partial charge in [0.15, 0.2) is 0 Å². The number of nitrogens with one attached hydrogen (secondary N) is 2. The predicted octanol–water partition coefficient (Wildman–Crippen LogP) is 1.22. The lowest BCUT2D eigenvalue weighted by Gasteiger charge is -2.19. The van der Waals surface area contributed by atoms with Crippen LogP contribution in [-0.2, 0) is 13.0 Å². The van der Waals surface area contributed by atoms with Gasteiger partial charge in [-0.3, -0.25) is 4.79 Å². The maximum absolute atomic E-state index is 12.1. The van der Waals surface area contributed by atoms with Crippen molar-refractivity contribution in [3.05, 3.63) is 34.9 Å². The van der Waals surface area contributed by atoms with Gasteiger partial charge in [-0.1, -0.05) is 6.07 Å². The Hall–Kier alpha value is -1.39. The number of amides is 1. The van der Waals surface area contributed by atoms with Crippen LogP contribution in [0.1, 0.15) is 41.8 Å². The van der Waals surface area contributed by atoms with Gasteiger partial charge in [-0.2, -0.15) is 0 Å². The second-order valence-corrected chi connectivity index (χ2v) is 5.37. The van der Waals surface area contributed by atoms with E-state index in [-0.39, 0.29) is 11.9 Å². The summed E-state index contributed by atoms with van der Waals surface area (Å²) < 4.78 is 0. The van der Waals surface area contributed by atoms with Crippen LogP contribution in [-0.4, -0.2) is 29.7 Å². The van der Waals surface area contributed by atoms with E-state index >= 15 is 0 Å². The van der Waals surface area contributed by atoms with E-state index < -0.39 is 6.10 Å². The molecule has 4 heteroatoms. The molecular formula is C15H22N2O2. The van der Waals surface area contributed by atoms with Gasteiger partial charge in [0.25, 0.3) is 5.91 Å². The SMILES string of the molecule is CC(O)CC(C)NC(=O)c1ccc2c(c1)CNCC2. The fourth-order valence-corrected chi connectivity index (χ4v) is 2.50. The molecule has 0 radical (unpaired) electrons. The first-order valence-electron chi connectivity index (χ1n) is 6.87. The zero-order chi connectivity index (χ0) is 13.8. The van der Waals surface area contributed by atoms with Gasteiger partial charge in [-0.05, 0) is 56.5 Å². The number of aliphatic hydroxyl groups excluding tert-OH is 1. The highest BCUT2D eigenvalue weighted by molar-refractivity contribution is 5.94. The van der Waals surface area contributed by atoms with E-state index in [4.69, 9.17) is 0 Å². The Bertz CT molecular complexity index is 457. The number of aliphatic hydroxyl groups is 1. The molecule has 2 rings (SSSR count). The molecule has 0 fully saturated rings. The van der Waals surface area contributed by atoms with Crippen molar-refractivity contribution in [3.63, 3.8) is 0 Å². The Labute approximate surface area is 114 Å². The smallest absolute Gasteiger partial charge is 0.251 e. The Morgan fingerprint density at radius 2 is 2.21 bits per heavy atom. The van der Waals surface area contributed by atoms with E-state index in [1.807, 2.05) is 25.1 Å². The number of fused-ring (bicyclic) bond motifs is 1. The molecule has 0 aliphatic carbocycles. The Morgan fingerprint density at radius 3 is 2.95 bits per heavy atom. The van der Waals surface area contributed by atoms with Gasteiger partial charge < -0.3 is 15.7 Å². The van der Waals surface area contributed by atoms with E-state index in [1.165, 1.54) is 11.1 Å². The highest BCUT2D eigenvalue weighted by Gasteiger charge is 2.14. The standard InChI is InChI=1S/C15H22N2O2/c1-10(7-11(2)18)17-15(19)13-4-3-12-5-6-16-9-14(12)8-13/h3-4,8,10-11,16,18H,5-7,9H2,1-2H3,(H,17,19). The maximum atomic E-state index is 12.1. The van der Waals surface area contributed by atoms with Crippen LogP contribution < -0.4 is 10.6 Å². The fourth-order valence-electron chi connectivity index (χ4n) is 2.50. The highest BCUT2D eigenvalue weighted by atomic mass is 16.3. The van der Waals surface area contributed by atoms with Gasteiger partial charge in [0.2, 0.25) is 0 Å². The van der Waals surface area contributed by atoms with Crippen LogP contribution in [0.2, 0.25) is 0 Å². The van der Waals surface area contributed by atoms with Crippen LogP contribution in [0.4, 0.5) is 0 Å². The van der Waals surface area contributed by atoms with Gasteiger partial charge in [-0.15, -0.1) is 0 Å². The van der Waals surface area contributed by atoms with Crippen LogP contribution in [0, 0.1) is 0 Å². The Balaban J connectivity index is 2.03. The summed E-state index contributed by atoms with van der Waals surface area (Å²) in [5.41, 5.74) is 3.23. The van der Waals surface area contributed by atoms with E-state index in [2.05, 4.69) is 10.6 Å². The first-order chi connectivity index (χ1) is 9.06. The molecule has 4 nitrogen and oxygen atoms in total. The molecular weight excluding hydrogens is 240 g/mol. The summed E-state index contributed by atoms with van der Waals surface area (Å²) in [6.45, 7) is 5.47. The summed E-state index contributed by atoms with van der Waals surface area (Å²) in [6.07, 6.45) is 1.19. The van der Waals surface area contributed by atoms with Crippen LogP contribution in [0.25, 0.3) is 0 Å². The fraction of sp³-hybridized carbons (Fsp3) is 0.533. The predicted molar refractivity (Wildman–Crippen MR) is 75.1 cm³/mol. The number of hydrogen-bond donors (Lipinski definition) is 3. The van der Waals surface area contributed by atoms with Gasteiger partial charge >= 0.3 is 0 Å². The average Bonchev–Trinajstić information content (AvgIpc) is 2.37. The van der Waals surface area contributed by atoms with Crippen LogP contribution in [0.3, 0.4) is 0 Å². The van der Waals surface area contributed by atoms with Gasteiger partial charge in [0, 0.05) is 18.2 Å². The minimum absolute atomic E-state index is 0.0262. The quantitative estimate of drug-likeness (QED) is 0.764. The maximum Gasteiger partial charge on any atom is 0.251 e. The topological polar surface area (TPSA) is 61.4 Å². The van der Waals surface area contributed by atoms with Gasteiger partial charge in [0.1, 0.15) is 0 Å². The van der Waals surface area contributed by atoms with Crippen molar-refractivity contribution in [1.82, 2.24) is 10.6 Å². The summed E-state index contributed by atoms with van der Waals surface area (Å²) in [7, 11) is 0. The molecule has 1 aromatic rings. The second kappa shape index (κ2) is 6.17. The van der Waals surface area contributed by atoms with Crippen molar-refractivity contribution in [2.24, 2.45) is 0 Å². The molecule has 1 amide bonds. The van der Waals surface area contributed by atoms with Crippen molar-refractivity contribution in [1.29, 1.82) is 0 Å². The third kappa shape index (κ3) is 3.78. The Kier molecular flexibility index (Phi) is 4.56. The van der Waals surface area contributed by atoms with Crippen LogP contribution >= 0.6 is 0 Å². The number of carbonyl (C=O) groups is 1. The summed E-state index contributed by atoms with van der Waals surface area (Å²) in [5.74, 6) is -0.0680. The van der Waals surface area contributed by atoms with Crippen molar-refractivity contribution >= 4 is 5.91 Å². The molecule has 0 bridgehead atoms. The summed E-state index contributed by atoms with van der Waals surface area (Å²) in [5, 5.41) is 15.5. The largest absolute Gasteiger partial charge is 0.393 e. The number of benzene rings is 1. The number of carbonyl (C=O) groups excluding carboxylic acids is 1. The zero-order valence-electron chi connectivity index (χ0n) is 11.6. The van der Waals surface area contributed by atoms with Crippen LogP contribution in [0.5, 0.6) is 0 Å². The van der Waals surface area contributed by atoms with Crippen molar-refractivity contribution < 1.29 is 9.90 Å². The molecule has 0 saturated carbocycles. The van der Waals surface area contributed by atoms with Crippen LogP contribution in [0.15, 0.2) is 18.2 Å². The van der Waals surface area contributed by atoms with E-state index in [9.17, 15) is 9.90 Å². The number of rotatable bonds is 4. The van der Waals surface area contributed by atoms with E-state index in [0.717, 1.165) is 19.5 Å². The Morgan fingerprint density at radius 1 is 1.42 bits per heavy atom. The average molecular weight is 262 g/mol. The number of hydrogen-bond acceptors (Lipinski definition) is 3. The molecule has 1 aliphatic rings. The lowest BCUT2D eigenvalue weighted by Crippen LogP contribution is -2.35. The molecule has 0 aromatic heterocycles. The molecule has 1 aliphatic heterocycles. The second-order valence-electron chi connectivity index (χ2n) is 5.37. The lowest BCUT2D eigenvalue weighted by molar-refractivity contribution is 0.0923. The first-order valence-corrected chi connectivity index (χ1v) is 6.87. The molecule has 104 valence electrons. The molecule has 1 heterocycles. The minimum atomic E-state index is -0.400. The highest BCUT2D eigenvalue weighted by Crippen LogP contribution is 2.16. The molecule has 0 saturated heterocycles. The molecule has 2 unspecified atom stereocenters. The zero-order valence-corrected chi connectivity index (χ0v) is 11.6.